The molecule has 0 amide bonds. The SMILES string of the molecule is CNC(C#N)CCOc1cc(Br)cc([N+](=O)[O-])c1. The highest BCUT2D eigenvalue weighted by molar-refractivity contribution is 9.10. The fraction of sp³-hybridized carbons (Fsp3) is 0.364. The van der Waals surface area contributed by atoms with Gasteiger partial charge in [-0.1, -0.05) is 15.9 Å². The van der Waals surface area contributed by atoms with Crippen molar-refractivity contribution in [1.29, 1.82) is 5.26 Å². The van der Waals surface area contributed by atoms with Crippen LogP contribution in [-0.4, -0.2) is 24.6 Å². The van der Waals surface area contributed by atoms with Gasteiger partial charge < -0.3 is 10.1 Å². The minimum Gasteiger partial charge on any atom is -0.493 e. The van der Waals surface area contributed by atoms with Crippen LogP contribution in [0.3, 0.4) is 0 Å². The Morgan fingerprint density at radius 1 is 1.61 bits per heavy atom. The molecule has 0 radical (unpaired) electrons. The molecule has 0 aliphatic carbocycles. The van der Waals surface area contributed by atoms with Crippen LogP contribution in [0.25, 0.3) is 0 Å². The highest BCUT2D eigenvalue weighted by Crippen LogP contribution is 2.26. The molecule has 1 unspecified atom stereocenters. The maximum atomic E-state index is 10.7. The number of non-ortho nitro benzene ring substituents is 1. The molecule has 0 aliphatic rings. The van der Waals surface area contributed by atoms with E-state index in [1.807, 2.05) is 0 Å². The van der Waals surface area contributed by atoms with Crippen LogP contribution < -0.4 is 10.1 Å². The third-order valence-electron chi connectivity index (χ3n) is 2.25. The second-order valence-electron chi connectivity index (χ2n) is 3.51. The van der Waals surface area contributed by atoms with Crippen molar-refractivity contribution in [2.24, 2.45) is 0 Å². The van der Waals surface area contributed by atoms with E-state index in [1.165, 1.54) is 12.1 Å². The van der Waals surface area contributed by atoms with E-state index in [-0.39, 0.29) is 11.7 Å². The van der Waals surface area contributed by atoms with Gasteiger partial charge in [0.15, 0.2) is 0 Å². The zero-order chi connectivity index (χ0) is 13.5. The summed E-state index contributed by atoms with van der Waals surface area (Å²) >= 11 is 3.18. The van der Waals surface area contributed by atoms with E-state index in [9.17, 15) is 10.1 Å². The molecule has 0 saturated heterocycles. The van der Waals surface area contributed by atoms with Crippen LogP contribution in [0.2, 0.25) is 0 Å². The number of hydrogen-bond acceptors (Lipinski definition) is 5. The number of nitrogens with zero attached hydrogens (tertiary/aromatic N) is 2. The van der Waals surface area contributed by atoms with E-state index in [1.54, 1.807) is 13.1 Å². The first-order chi connectivity index (χ1) is 8.56. The summed E-state index contributed by atoms with van der Waals surface area (Å²) in [5, 5.41) is 22.2. The van der Waals surface area contributed by atoms with Crippen molar-refractivity contribution in [1.82, 2.24) is 5.32 Å². The lowest BCUT2D eigenvalue weighted by Crippen LogP contribution is -2.25. The minimum atomic E-state index is -0.483. The predicted octanol–water partition coefficient (Wildman–Crippen LogP) is 2.24. The molecule has 0 spiro atoms. The molecule has 1 aromatic rings. The molecule has 1 rings (SSSR count). The second-order valence-corrected chi connectivity index (χ2v) is 4.43. The van der Waals surface area contributed by atoms with Crippen molar-refractivity contribution in [2.45, 2.75) is 12.5 Å². The van der Waals surface area contributed by atoms with Crippen molar-refractivity contribution >= 4 is 21.6 Å². The molecule has 7 heteroatoms. The molecule has 0 heterocycles. The number of ether oxygens (including phenoxy) is 1. The van der Waals surface area contributed by atoms with Crippen molar-refractivity contribution in [2.75, 3.05) is 13.7 Å². The fourth-order valence-electron chi connectivity index (χ4n) is 1.30. The van der Waals surface area contributed by atoms with E-state index in [4.69, 9.17) is 10.00 Å². The number of halogens is 1. The average molecular weight is 314 g/mol. The molecule has 1 N–H and O–H groups in total. The Bertz CT molecular complexity index is 473. The zero-order valence-corrected chi connectivity index (χ0v) is 11.3. The Morgan fingerprint density at radius 3 is 2.89 bits per heavy atom. The van der Waals surface area contributed by atoms with Gasteiger partial charge >= 0.3 is 0 Å². The van der Waals surface area contributed by atoms with Gasteiger partial charge in [-0.15, -0.1) is 0 Å². The molecule has 0 fully saturated rings. The van der Waals surface area contributed by atoms with Crippen LogP contribution in [-0.2, 0) is 0 Å². The highest BCUT2D eigenvalue weighted by atomic mass is 79.9. The largest absolute Gasteiger partial charge is 0.493 e. The van der Waals surface area contributed by atoms with E-state index in [0.29, 0.717) is 23.2 Å². The van der Waals surface area contributed by atoms with Gasteiger partial charge in [0, 0.05) is 17.0 Å². The second kappa shape index (κ2) is 6.93. The van der Waals surface area contributed by atoms with Crippen LogP contribution in [0.1, 0.15) is 6.42 Å². The molecule has 0 aromatic heterocycles. The predicted molar refractivity (Wildman–Crippen MR) is 69.4 cm³/mol. The van der Waals surface area contributed by atoms with E-state index < -0.39 is 4.92 Å². The Kier molecular flexibility index (Phi) is 5.55. The first-order valence-electron chi connectivity index (χ1n) is 5.21. The lowest BCUT2D eigenvalue weighted by atomic mass is 10.2. The summed E-state index contributed by atoms with van der Waals surface area (Å²) < 4.78 is 5.97. The van der Waals surface area contributed by atoms with Crippen LogP contribution in [0.4, 0.5) is 5.69 Å². The Morgan fingerprint density at radius 2 is 2.33 bits per heavy atom. The summed E-state index contributed by atoms with van der Waals surface area (Å²) in [7, 11) is 1.69. The van der Waals surface area contributed by atoms with Crippen molar-refractivity contribution in [3.05, 3.63) is 32.8 Å². The van der Waals surface area contributed by atoms with Crippen LogP contribution in [0, 0.1) is 21.4 Å². The molecular formula is C11H12BrN3O3. The Balaban J connectivity index is 2.63. The third kappa shape index (κ3) is 4.31. The molecule has 1 atom stereocenters. The van der Waals surface area contributed by atoms with Gasteiger partial charge in [0.25, 0.3) is 5.69 Å². The number of benzene rings is 1. The molecule has 6 nitrogen and oxygen atoms in total. The number of nitro benzene ring substituents is 1. The molecule has 96 valence electrons. The summed E-state index contributed by atoms with van der Waals surface area (Å²) in [6.07, 6.45) is 0.507. The van der Waals surface area contributed by atoms with Gasteiger partial charge in [-0.05, 0) is 13.1 Å². The van der Waals surface area contributed by atoms with E-state index in [0.717, 1.165) is 0 Å². The average Bonchev–Trinajstić information content (AvgIpc) is 2.34. The summed E-state index contributed by atoms with van der Waals surface area (Å²) in [6, 6.07) is 6.19. The van der Waals surface area contributed by atoms with Crippen LogP contribution in [0.15, 0.2) is 22.7 Å². The highest BCUT2D eigenvalue weighted by Gasteiger charge is 2.10. The van der Waals surface area contributed by atoms with Crippen molar-refractivity contribution in [3.63, 3.8) is 0 Å². The normalized spacial score (nSPS) is 11.6. The maximum Gasteiger partial charge on any atom is 0.274 e. The number of hydrogen-bond donors (Lipinski definition) is 1. The number of nitriles is 1. The van der Waals surface area contributed by atoms with Crippen molar-refractivity contribution in [3.8, 4) is 11.8 Å². The maximum absolute atomic E-state index is 10.7. The van der Waals surface area contributed by atoms with Gasteiger partial charge in [0.05, 0.1) is 29.7 Å². The van der Waals surface area contributed by atoms with Gasteiger partial charge in [0.2, 0.25) is 0 Å². The summed E-state index contributed by atoms with van der Waals surface area (Å²) in [4.78, 5) is 10.2. The molecule has 0 bridgehead atoms. The quantitative estimate of drug-likeness (QED) is 0.642. The number of rotatable bonds is 6. The molecular weight excluding hydrogens is 302 g/mol. The van der Waals surface area contributed by atoms with E-state index in [2.05, 4.69) is 27.3 Å². The monoisotopic (exact) mass is 313 g/mol. The number of nitro groups is 1. The zero-order valence-electron chi connectivity index (χ0n) is 9.72. The Hall–Kier alpha value is -1.65. The van der Waals surface area contributed by atoms with Gasteiger partial charge in [-0.3, -0.25) is 10.1 Å². The summed E-state index contributed by atoms with van der Waals surface area (Å²) in [5.74, 6) is 0.406. The first kappa shape index (κ1) is 14.4. The standard InChI is InChI=1S/C11H12BrN3O3/c1-14-9(7-13)2-3-18-11-5-8(12)4-10(6-11)15(16)17/h4-6,9,14H,2-3H2,1H3. The number of nitrogens with one attached hydrogen (secondary N) is 1. The molecule has 1 aromatic carbocycles. The summed E-state index contributed by atoms with van der Waals surface area (Å²) in [6.45, 7) is 0.312. The summed E-state index contributed by atoms with van der Waals surface area (Å²) in [5.41, 5.74) is -0.0372. The molecule has 0 aliphatic heterocycles. The minimum absolute atomic E-state index is 0.0372. The Labute approximate surface area is 113 Å². The topological polar surface area (TPSA) is 88.2 Å². The van der Waals surface area contributed by atoms with Gasteiger partial charge in [-0.2, -0.15) is 5.26 Å². The lowest BCUT2D eigenvalue weighted by Gasteiger charge is -2.09. The smallest absolute Gasteiger partial charge is 0.274 e. The van der Waals surface area contributed by atoms with Crippen LogP contribution >= 0.6 is 15.9 Å². The first-order valence-corrected chi connectivity index (χ1v) is 6.00. The molecule has 18 heavy (non-hydrogen) atoms. The molecule has 0 saturated carbocycles. The van der Waals surface area contributed by atoms with Crippen LogP contribution in [0.5, 0.6) is 5.75 Å². The van der Waals surface area contributed by atoms with Gasteiger partial charge in [-0.25, -0.2) is 0 Å². The van der Waals surface area contributed by atoms with Gasteiger partial charge in [0.1, 0.15) is 5.75 Å². The fourth-order valence-corrected chi connectivity index (χ4v) is 1.76. The lowest BCUT2D eigenvalue weighted by molar-refractivity contribution is -0.385. The van der Waals surface area contributed by atoms with Crippen molar-refractivity contribution < 1.29 is 9.66 Å². The van der Waals surface area contributed by atoms with E-state index >= 15 is 0 Å². The third-order valence-corrected chi connectivity index (χ3v) is 2.70.